The SMILES string of the molecule is COc1ccc2c(c1)c(CC(=O)N(c1nccs1)C1CCCCC1)c(C)n2C(=O)c1ccc(N(C)C)cc1. The molecule has 5 rings (SSSR count). The van der Waals surface area contributed by atoms with Gasteiger partial charge in [-0.25, -0.2) is 4.98 Å². The number of aromatic nitrogens is 2. The first-order valence-corrected chi connectivity index (χ1v) is 14.0. The van der Waals surface area contributed by atoms with Gasteiger partial charge in [0.05, 0.1) is 19.0 Å². The zero-order valence-electron chi connectivity index (χ0n) is 22.4. The molecule has 1 fully saturated rings. The molecule has 0 atom stereocenters. The lowest BCUT2D eigenvalue weighted by Crippen LogP contribution is -2.42. The normalized spacial score (nSPS) is 14.0. The Morgan fingerprint density at radius 2 is 1.82 bits per heavy atom. The van der Waals surface area contributed by atoms with Gasteiger partial charge in [0, 0.05) is 54.0 Å². The highest BCUT2D eigenvalue weighted by atomic mass is 32.1. The molecule has 2 heterocycles. The van der Waals surface area contributed by atoms with Crippen LogP contribution in [0.3, 0.4) is 0 Å². The number of methoxy groups -OCH3 is 1. The number of benzene rings is 2. The molecule has 198 valence electrons. The number of fused-ring (bicyclic) bond motifs is 1. The molecule has 0 N–H and O–H groups in total. The van der Waals surface area contributed by atoms with Crippen LogP contribution in [0.1, 0.15) is 53.7 Å². The van der Waals surface area contributed by atoms with Crippen molar-refractivity contribution in [3.63, 3.8) is 0 Å². The van der Waals surface area contributed by atoms with Crippen molar-refractivity contribution in [1.29, 1.82) is 0 Å². The lowest BCUT2D eigenvalue weighted by molar-refractivity contribution is -0.118. The van der Waals surface area contributed by atoms with Gasteiger partial charge in [-0.15, -0.1) is 11.3 Å². The van der Waals surface area contributed by atoms with Crippen molar-refractivity contribution >= 4 is 44.9 Å². The van der Waals surface area contributed by atoms with E-state index < -0.39 is 0 Å². The van der Waals surface area contributed by atoms with E-state index in [0.29, 0.717) is 11.3 Å². The number of nitrogens with zero attached hydrogens (tertiary/aromatic N) is 4. The summed E-state index contributed by atoms with van der Waals surface area (Å²) >= 11 is 1.50. The van der Waals surface area contributed by atoms with Gasteiger partial charge in [0.25, 0.3) is 5.91 Å². The number of rotatable bonds is 7. The molecule has 2 aromatic carbocycles. The minimum absolute atomic E-state index is 0.0135. The number of carbonyl (C=O) groups is 2. The van der Waals surface area contributed by atoms with Crippen molar-refractivity contribution in [3.8, 4) is 5.75 Å². The molecule has 0 spiro atoms. The Kier molecular flexibility index (Phi) is 7.51. The minimum atomic E-state index is -0.120. The van der Waals surface area contributed by atoms with Crippen LogP contribution in [0.4, 0.5) is 10.8 Å². The number of amides is 1. The predicted octanol–water partition coefficient (Wildman–Crippen LogP) is 6.08. The molecule has 2 aromatic heterocycles. The van der Waals surface area contributed by atoms with Gasteiger partial charge < -0.3 is 9.64 Å². The van der Waals surface area contributed by atoms with Gasteiger partial charge in [-0.2, -0.15) is 0 Å². The van der Waals surface area contributed by atoms with E-state index in [4.69, 9.17) is 4.74 Å². The summed E-state index contributed by atoms with van der Waals surface area (Å²) < 4.78 is 7.24. The average Bonchev–Trinajstić information content (AvgIpc) is 3.55. The lowest BCUT2D eigenvalue weighted by Gasteiger charge is -2.32. The summed E-state index contributed by atoms with van der Waals surface area (Å²) in [6.07, 6.45) is 7.37. The molecular weight excluding hydrogens is 496 g/mol. The summed E-state index contributed by atoms with van der Waals surface area (Å²) in [5, 5.41) is 3.52. The molecule has 1 amide bonds. The third-order valence-electron chi connectivity index (χ3n) is 7.54. The Bertz CT molecular complexity index is 1430. The van der Waals surface area contributed by atoms with Crippen molar-refractivity contribution in [2.75, 3.05) is 31.0 Å². The Labute approximate surface area is 227 Å². The van der Waals surface area contributed by atoms with Gasteiger partial charge >= 0.3 is 0 Å². The van der Waals surface area contributed by atoms with E-state index in [9.17, 15) is 9.59 Å². The van der Waals surface area contributed by atoms with Crippen LogP contribution in [-0.4, -0.2) is 48.6 Å². The predicted molar refractivity (Wildman–Crippen MR) is 154 cm³/mol. The monoisotopic (exact) mass is 530 g/mol. The molecule has 0 bridgehead atoms. The summed E-state index contributed by atoms with van der Waals surface area (Å²) in [6.45, 7) is 1.93. The van der Waals surface area contributed by atoms with Crippen LogP contribution in [0.25, 0.3) is 10.9 Å². The largest absolute Gasteiger partial charge is 0.497 e. The molecule has 8 heteroatoms. The fraction of sp³-hybridized carbons (Fsp3) is 0.367. The van der Waals surface area contributed by atoms with Gasteiger partial charge in [0.1, 0.15) is 5.75 Å². The molecule has 0 aliphatic heterocycles. The van der Waals surface area contributed by atoms with Crippen molar-refractivity contribution in [3.05, 3.63) is 70.9 Å². The maximum Gasteiger partial charge on any atom is 0.262 e. The summed E-state index contributed by atoms with van der Waals surface area (Å²) in [7, 11) is 5.57. The van der Waals surface area contributed by atoms with Gasteiger partial charge in [-0.05, 0) is 67.8 Å². The maximum absolute atomic E-state index is 14.0. The van der Waals surface area contributed by atoms with E-state index in [0.717, 1.165) is 58.7 Å². The van der Waals surface area contributed by atoms with E-state index in [1.165, 1.54) is 17.8 Å². The van der Waals surface area contributed by atoms with E-state index >= 15 is 0 Å². The van der Waals surface area contributed by atoms with Gasteiger partial charge in [0.15, 0.2) is 5.13 Å². The minimum Gasteiger partial charge on any atom is -0.497 e. The molecule has 1 saturated carbocycles. The molecule has 0 unspecified atom stereocenters. The number of anilines is 2. The Balaban J connectivity index is 1.56. The molecule has 0 saturated heterocycles. The molecule has 1 aliphatic carbocycles. The van der Waals surface area contributed by atoms with Crippen molar-refractivity contribution in [2.45, 2.75) is 51.5 Å². The molecule has 0 radical (unpaired) electrons. The van der Waals surface area contributed by atoms with Gasteiger partial charge in [0.2, 0.25) is 5.91 Å². The van der Waals surface area contributed by atoms with Crippen molar-refractivity contribution in [2.24, 2.45) is 0 Å². The van der Waals surface area contributed by atoms with Crippen molar-refractivity contribution in [1.82, 2.24) is 9.55 Å². The second-order valence-corrected chi connectivity index (χ2v) is 10.9. The van der Waals surface area contributed by atoms with Crippen molar-refractivity contribution < 1.29 is 14.3 Å². The Morgan fingerprint density at radius 1 is 1.08 bits per heavy atom. The van der Waals surface area contributed by atoms with Crippen LogP contribution in [-0.2, 0) is 11.2 Å². The highest BCUT2D eigenvalue weighted by Crippen LogP contribution is 2.34. The fourth-order valence-electron chi connectivity index (χ4n) is 5.48. The summed E-state index contributed by atoms with van der Waals surface area (Å²) in [5.41, 5.74) is 4.00. The van der Waals surface area contributed by atoms with E-state index in [-0.39, 0.29) is 24.3 Å². The van der Waals surface area contributed by atoms with Crippen LogP contribution < -0.4 is 14.5 Å². The first-order valence-electron chi connectivity index (χ1n) is 13.1. The third kappa shape index (κ3) is 4.92. The summed E-state index contributed by atoms with van der Waals surface area (Å²) in [4.78, 5) is 36.2. The summed E-state index contributed by atoms with van der Waals surface area (Å²) in [5.74, 6) is 0.584. The molecule has 4 aromatic rings. The van der Waals surface area contributed by atoms with Gasteiger partial charge in [-0.1, -0.05) is 19.3 Å². The molecular formula is C30H34N4O3S. The lowest BCUT2D eigenvalue weighted by atomic mass is 9.94. The maximum atomic E-state index is 14.0. The first-order chi connectivity index (χ1) is 18.4. The van der Waals surface area contributed by atoms with Crippen LogP contribution in [0, 0.1) is 6.92 Å². The van der Waals surface area contributed by atoms with Crippen LogP contribution >= 0.6 is 11.3 Å². The standard InChI is InChI=1S/C30H34N4O3S/c1-20-25(19-28(35)34(30-31-16-17-38-30)23-8-6-5-7-9-23)26-18-24(37-4)14-15-27(26)33(20)29(36)21-10-12-22(13-11-21)32(2)3/h10-18,23H,5-9,19H2,1-4H3. The number of thiazole rings is 1. The van der Waals surface area contributed by atoms with Gasteiger partial charge in [-0.3, -0.25) is 19.1 Å². The third-order valence-corrected chi connectivity index (χ3v) is 8.31. The molecule has 1 aliphatic rings. The summed E-state index contributed by atoms with van der Waals surface area (Å²) in [6, 6.07) is 13.4. The first kappa shape index (κ1) is 26.0. The average molecular weight is 531 g/mol. The highest BCUT2D eigenvalue weighted by molar-refractivity contribution is 7.13. The van der Waals surface area contributed by atoms with E-state index in [1.54, 1.807) is 17.9 Å². The fourth-order valence-corrected chi connectivity index (χ4v) is 6.21. The van der Waals surface area contributed by atoms with E-state index in [2.05, 4.69) is 4.98 Å². The molecule has 38 heavy (non-hydrogen) atoms. The topological polar surface area (TPSA) is 67.7 Å². The number of hydrogen-bond acceptors (Lipinski definition) is 6. The quantitative estimate of drug-likeness (QED) is 0.290. The second kappa shape index (κ2) is 11.0. The zero-order chi connectivity index (χ0) is 26.8. The number of hydrogen-bond donors (Lipinski definition) is 0. The van der Waals surface area contributed by atoms with Crippen LogP contribution in [0.2, 0.25) is 0 Å². The smallest absolute Gasteiger partial charge is 0.262 e. The molecule has 7 nitrogen and oxygen atoms in total. The van der Waals surface area contributed by atoms with Crippen LogP contribution in [0.15, 0.2) is 54.0 Å². The Hall–Kier alpha value is -3.65. The Morgan fingerprint density at radius 3 is 2.45 bits per heavy atom. The highest BCUT2D eigenvalue weighted by Gasteiger charge is 2.30. The zero-order valence-corrected chi connectivity index (χ0v) is 23.3. The van der Waals surface area contributed by atoms with Crippen LogP contribution in [0.5, 0.6) is 5.75 Å². The second-order valence-electron chi connectivity index (χ2n) is 10.1. The number of carbonyl (C=O) groups excluding carboxylic acids is 2. The number of ether oxygens (including phenoxy) is 1. The van der Waals surface area contributed by atoms with E-state index in [1.807, 2.05) is 78.7 Å².